The fraction of sp³-hybridized carbons (Fsp3) is 0.727. The van der Waals surface area contributed by atoms with Crippen LogP contribution in [0.1, 0.15) is 37.8 Å². The van der Waals surface area contributed by atoms with E-state index in [2.05, 4.69) is 28.0 Å². The number of nitrogens with zero attached hydrogens (tertiary/aromatic N) is 2. The Kier molecular flexibility index (Phi) is 3.16. The van der Waals surface area contributed by atoms with Crippen molar-refractivity contribution in [1.82, 2.24) is 9.78 Å². The van der Waals surface area contributed by atoms with Gasteiger partial charge in [-0.3, -0.25) is 4.68 Å². The van der Waals surface area contributed by atoms with Crippen LogP contribution in [0.3, 0.4) is 0 Å². The number of rotatable bonds is 1. The minimum atomic E-state index is 0.355. The maximum absolute atomic E-state index is 6.05. The molecule has 1 aliphatic carbocycles. The van der Waals surface area contributed by atoms with Crippen molar-refractivity contribution in [3.8, 4) is 0 Å². The number of halogens is 1. The van der Waals surface area contributed by atoms with Crippen LogP contribution < -0.4 is 5.73 Å². The molecule has 2 N–H and O–H groups in total. The van der Waals surface area contributed by atoms with Gasteiger partial charge in [-0.25, -0.2) is 0 Å². The van der Waals surface area contributed by atoms with Crippen LogP contribution >= 0.6 is 15.9 Å². The molecule has 0 aliphatic heterocycles. The van der Waals surface area contributed by atoms with Gasteiger partial charge in [0.1, 0.15) is 0 Å². The predicted octanol–water partition coefficient (Wildman–Crippen LogP) is 2.41. The molecule has 1 aliphatic rings. The maximum atomic E-state index is 6.05. The quantitative estimate of drug-likeness (QED) is 0.853. The molecule has 3 nitrogen and oxygen atoms in total. The van der Waals surface area contributed by atoms with Crippen LogP contribution in [0.2, 0.25) is 0 Å². The minimum Gasteiger partial charge on any atom is -0.328 e. The van der Waals surface area contributed by atoms with Gasteiger partial charge in [0.15, 0.2) is 0 Å². The van der Waals surface area contributed by atoms with Crippen molar-refractivity contribution in [3.63, 3.8) is 0 Å². The van der Waals surface area contributed by atoms with Crippen LogP contribution in [-0.2, 0) is 7.05 Å². The molecule has 3 unspecified atom stereocenters. The van der Waals surface area contributed by atoms with E-state index in [9.17, 15) is 0 Å². The van der Waals surface area contributed by atoms with E-state index in [-0.39, 0.29) is 0 Å². The molecule has 2 rings (SSSR count). The predicted molar refractivity (Wildman–Crippen MR) is 64.6 cm³/mol. The van der Waals surface area contributed by atoms with Crippen LogP contribution in [0.15, 0.2) is 10.7 Å². The average Bonchev–Trinajstić information content (AvgIpc) is 2.51. The van der Waals surface area contributed by atoms with Gasteiger partial charge in [-0.2, -0.15) is 5.10 Å². The molecule has 0 aromatic carbocycles. The fourth-order valence-corrected chi connectivity index (χ4v) is 3.22. The second-order valence-electron chi connectivity index (χ2n) is 4.66. The summed E-state index contributed by atoms with van der Waals surface area (Å²) in [6, 6.07) is 0.355. The second kappa shape index (κ2) is 4.26. The van der Waals surface area contributed by atoms with Gasteiger partial charge in [0.25, 0.3) is 0 Å². The smallest absolute Gasteiger partial charge is 0.0635 e. The summed E-state index contributed by atoms with van der Waals surface area (Å²) >= 11 is 3.58. The SMILES string of the molecule is CC1CCC(N)CC1c1c(Br)cnn1C. The lowest BCUT2D eigenvalue weighted by atomic mass is 9.76. The first-order chi connectivity index (χ1) is 7.09. The van der Waals surface area contributed by atoms with Crippen molar-refractivity contribution in [2.24, 2.45) is 18.7 Å². The largest absolute Gasteiger partial charge is 0.328 e. The summed E-state index contributed by atoms with van der Waals surface area (Å²) in [6.45, 7) is 2.32. The summed E-state index contributed by atoms with van der Waals surface area (Å²) < 4.78 is 3.10. The molecule has 0 bridgehead atoms. The van der Waals surface area contributed by atoms with Crippen molar-refractivity contribution < 1.29 is 0 Å². The molecule has 15 heavy (non-hydrogen) atoms. The molecule has 4 heteroatoms. The number of hydrogen-bond acceptors (Lipinski definition) is 2. The van der Waals surface area contributed by atoms with E-state index in [1.54, 1.807) is 0 Å². The van der Waals surface area contributed by atoms with Crippen molar-refractivity contribution in [2.75, 3.05) is 0 Å². The molecule has 84 valence electrons. The molecule has 1 heterocycles. The Balaban J connectivity index is 2.28. The molecule has 0 spiro atoms. The molecular weight excluding hydrogens is 254 g/mol. The Bertz CT molecular complexity index is 328. The van der Waals surface area contributed by atoms with Crippen LogP contribution in [0.4, 0.5) is 0 Å². The molecule has 3 atom stereocenters. The van der Waals surface area contributed by atoms with E-state index in [0.29, 0.717) is 17.9 Å². The zero-order chi connectivity index (χ0) is 11.0. The van der Waals surface area contributed by atoms with Crippen LogP contribution in [0.5, 0.6) is 0 Å². The van der Waals surface area contributed by atoms with E-state index in [0.717, 1.165) is 17.3 Å². The second-order valence-corrected chi connectivity index (χ2v) is 5.51. The third-order valence-electron chi connectivity index (χ3n) is 3.53. The van der Waals surface area contributed by atoms with Crippen LogP contribution in [0, 0.1) is 5.92 Å². The third-order valence-corrected chi connectivity index (χ3v) is 4.14. The van der Waals surface area contributed by atoms with Crippen molar-refractivity contribution >= 4 is 15.9 Å². The third kappa shape index (κ3) is 2.11. The average molecular weight is 272 g/mol. The van der Waals surface area contributed by atoms with Gasteiger partial charge in [-0.1, -0.05) is 6.92 Å². The topological polar surface area (TPSA) is 43.8 Å². The molecule has 1 aromatic rings. The van der Waals surface area contributed by atoms with Gasteiger partial charge in [0, 0.05) is 19.0 Å². The summed E-state index contributed by atoms with van der Waals surface area (Å²) in [4.78, 5) is 0. The minimum absolute atomic E-state index is 0.355. The first-order valence-electron chi connectivity index (χ1n) is 5.52. The first-order valence-corrected chi connectivity index (χ1v) is 6.32. The number of aryl methyl sites for hydroxylation is 1. The van der Waals surface area contributed by atoms with Gasteiger partial charge < -0.3 is 5.73 Å². The van der Waals surface area contributed by atoms with Crippen molar-refractivity contribution in [1.29, 1.82) is 0 Å². The molecular formula is C11H18BrN3. The molecule has 0 amide bonds. The Labute approximate surface area is 99.2 Å². The summed E-state index contributed by atoms with van der Waals surface area (Å²) in [5.41, 5.74) is 7.35. The lowest BCUT2D eigenvalue weighted by Gasteiger charge is -2.32. The Morgan fingerprint density at radius 2 is 2.27 bits per heavy atom. The Morgan fingerprint density at radius 1 is 1.53 bits per heavy atom. The van der Waals surface area contributed by atoms with Gasteiger partial charge in [0.2, 0.25) is 0 Å². The summed E-state index contributed by atoms with van der Waals surface area (Å²) in [7, 11) is 2.01. The Hall–Kier alpha value is -0.350. The highest BCUT2D eigenvalue weighted by Gasteiger charge is 2.30. The molecule has 1 fully saturated rings. The number of aromatic nitrogens is 2. The van der Waals surface area contributed by atoms with Crippen molar-refractivity contribution in [2.45, 2.75) is 38.1 Å². The molecule has 1 aromatic heterocycles. The van der Waals surface area contributed by atoms with Gasteiger partial charge in [-0.15, -0.1) is 0 Å². The number of hydrogen-bond donors (Lipinski definition) is 1. The highest BCUT2D eigenvalue weighted by atomic mass is 79.9. The zero-order valence-corrected chi connectivity index (χ0v) is 10.9. The van der Waals surface area contributed by atoms with Crippen LogP contribution in [0.25, 0.3) is 0 Å². The zero-order valence-electron chi connectivity index (χ0n) is 9.28. The van der Waals surface area contributed by atoms with E-state index in [4.69, 9.17) is 5.73 Å². The first kappa shape index (κ1) is 11.1. The molecule has 1 saturated carbocycles. The van der Waals surface area contributed by atoms with E-state index in [1.807, 2.05) is 17.9 Å². The fourth-order valence-electron chi connectivity index (χ4n) is 2.57. The lowest BCUT2D eigenvalue weighted by molar-refractivity contribution is 0.289. The van der Waals surface area contributed by atoms with E-state index in [1.165, 1.54) is 12.1 Å². The van der Waals surface area contributed by atoms with Crippen molar-refractivity contribution in [3.05, 3.63) is 16.4 Å². The van der Waals surface area contributed by atoms with Gasteiger partial charge in [-0.05, 0) is 41.1 Å². The summed E-state index contributed by atoms with van der Waals surface area (Å²) in [5, 5.41) is 4.28. The lowest BCUT2D eigenvalue weighted by Crippen LogP contribution is -2.32. The summed E-state index contributed by atoms with van der Waals surface area (Å²) in [6.07, 6.45) is 5.35. The number of nitrogens with two attached hydrogens (primary N) is 1. The molecule has 0 radical (unpaired) electrons. The highest BCUT2D eigenvalue weighted by molar-refractivity contribution is 9.10. The summed E-state index contributed by atoms with van der Waals surface area (Å²) in [5.74, 6) is 1.26. The maximum Gasteiger partial charge on any atom is 0.0635 e. The van der Waals surface area contributed by atoms with Gasteiger partial charge in [0.05, 0.1) is 16.4 Å². The normalized spacial score (nSPS) is 31.9. The Morgan fingerprint density at radius 3 is 2.87 bits per heavy atom. The highest BCUT2D eigenvalue weighted by Crippen LogP contribution is 2.39. The van der Waals surface area contributed by atoms with Gasteiger partial charge >= 0.3 is 0 Å². The van der Waals surface area contributed by atoms with Crippen LogP contribution in [-0.4, -0.2) is 15.8 Å². The molecule has 0 saturated heterocycles. The monoisotopic (exact) mass is 271 g/mol. The van der Waals surface area contributed by atoms with E-state index >= 15 is 0 Å². The standard InChI is InChI=1S/C11H18BrN3/c1-7-3-4-8(13)5-9(7)11-10(12)6-14-15(11)2/h6-9H,3-5,13H2,1-2H3. The van der Waals surface area contributed by atoms with E-state index < -0.39 is 0 Å².